The van der Waals surface area contributed by atoms with Crippen LogP contribution in [0.5, 0.6) is 5.75 Å². The molecule has 0 radical (unpaired) electrons. The lowest BCUT2D eigenvalue weighted by Gasteiger charge is -2.43. The normalized spacial score (nSPS) is 20.8. The van der Waals surface area contributed by atoms with E-state index in [0.717, 1.165) is 51.6 Å². The van der Waals surface area contributed by atoms with Gasteiger partial charge in [0.1, 0.15) is 5.75 Å². The molecule has 2 heterocycles. The minimum Gasteiger partial charge on any atom is -0.495 e. The monoisotopic (exact) mass is 276 g/mol. The van der Waals surface area contributed by atoms with Gasteiger partial charge in [0.05, 0.1) is 32.1 Å². The zero-order valence-electron chi connectivity index (χ0n) is 12.5. The van der Waals surface area contributed by atoms with E-state index in [4.69, 9.17) is 9.47 Å². The first-order valence-electron chi connectivity index (χ1n) is 7.55. The number of hydrogen-bond acceptors (Lipinski definition) is 4. The molecule has 2 fully saturated rings. The summed E-state index contributed by atoms with van der Waals surface area (Å²) >= 11 is 0. The van der Waals surface area contributed by atoms with Gasteiger partial charge < -0.3 is 14.4 Å². The minimum atomic E-state index is 0.654. The van der Waals surface area contributed by atoms with Gasteiger partial charge >= 0.3 is 0 Å². The Balaban J connectivity index is 1.67. The summed E-state index contributed by atoms with van der Waals surface area (Å²) in [5, 5.41) is 0. The number of rotatable bonds is 4. The first kappa shape index (κ1) is 13.7. The number of benzene rings is 1. The predicted octanol–water partition coefficient (Wildman–Crippen LogP) is 1.78. The van der Waals surface area contributed by atoms with Gasteiger partial charge in [-0.15, -0.1) is 0 Å². The summed E-state index contributed by atoms with van der Waals surface area (Å²) < 4.78 is 10.9. The molecule has 1 aromatic carbocycles. The van der Waals surface area contributed by atoms with Gasteiger partial charge in [-0.3, -0.25) is 4.90 Å². The highest BCUT2D eigenvalue weighted by atomic mass is 16.5. The predicted molar refractivity (Wildman–Crippen MR) is 80.8 cm³/mol. The molecule has 110 valence electrons. The second-order valence-corrected chi connectivity index (χ2v) is 5.57. The van der Waals surface area contributed by atoms with Crippen molar-refractivity contribution in [3.8, 4) is 5.75 Å². The number of hydrogen-bond donors (Lipinski definition) is 0. The third-order valence-electron chi connectivity index (χ3n) is 4.44. The van der Waals surface area contributed by atoms with E-state index in [0.29, 0.717) is 6.04 Å². The van der Waals surface area contributed by atoms with Gasteiger partial charge in [-0.1, -0.05) is 13.0 Å². The van der Waals surface area contributed by atoms with Crippen molar-refractivity contribution in [2.45, 2.75) is 19.4 Å². The summed E-state index contributed by atoms with van der Waals surface area (Å²) in [7, 11) is 1.76. The van der Waals surface area contributed by atoms with E-state index in [1.54, 1.807) is 7.11 Å². The molecule has 4 heteroatoms. The molecule has 1 aromatic rings. The third kappa shape index (κ3) is 2.63. The van der Waals surface area contributed by atoms with E-state index in [1.165, 1.54) is 11.3 Å². The highest BCUT2D eigenvalue weighted by Crippen LogP contribution is 2.30. The smallest absolute Gasteiger partial charge is 0.142 e. The van der Waals surface area contributed by atoms with Gasteiger partial charge in [0.15, 0.2) is 0 Å². The van der Waals surface area contributed by atoms with Crippen LogP contribution in [0.15, 0.2) is 18.2 Å². The molecule has 0 unspecified atom stereocenters. The number of anilines is 1. The SMILES string of the molecule is CCc1ccc(N2CCN(C3COC3)CC2)c(OC)c1. The number of nitrogens with zero attached hydrogens (tertiary/aromatic N) is 2. The maximum absolute atomic E-state index is 5.57. The number of aryl methyl sites for hydroxylation is 1. The van der Waals surface area contributed by atoms with Crippen LogP contribution in [-0.4, -0.2) is 57.4 Å². The van der Waals surface area contributed by atoms with Crippen molar-refractivity contribution in [1.82, 2.24) is 4.90 Å². The molecule has 2 aliphatic rings. The van der Waals surface area contributed by atoms with Gasteiger partial charge in [-0.05, 0) is 24.1 Å². The average molecular weight is 276 g/mol. The van der Waals surface area contributed by atoms with Gasteiger partial charge in [0.25, 0.3) is 0 Å². The fraction of sp³-hybridized carbons (Fsp3) is 0.625. The topological polar surface area (TPSA) is 24.9 Å². The summed E-state index contributed by atoms with van der Waals surface area (Å²) in [4.78, 5) is 4.99. The van der Waals surface area contributed by atoms with E-state index in [9.17, 15) is 0 Å². The second kappa shape index (κ2) is 6.02. The summed E-state index contributed by atoms with van der Waals surface area (Å²) in [6, 6.07) is 7.24. The Hall–Kier alpha value is -1.26. The maximum atomic E-state index is 5.57. The zero-order valence-corrected chi connectivity index (χ0v) is 12.5. The molecule has 0 aromatic heterocycles. The van der Waals surface area contributed by atoms with Gasteiger partial charge in [0.2, 0.25) is 0 Å². The summed E-state index contributed by atoms with van der Waals surface area (Å²) in [6.45, 7) is 8.37. The van der Waals surface area contributed by atoms with Crippen LogP contribution in [0.4, 0.5) is 5.69 Å². The molecular weight excluding hydrogens is 252 g/mol. The Morgan fingerprint density at radius 2 is 1.95 bits per heavy atom. The molecule has 0 atom stereocenters. The molecule has 0 bridgehead atoms. The largest absolute Gasteiger partial charge is 0.495 e. The highest BCUT2D eigenvalue weighted by molar-refractivity contribution is 5.60. The van der Waals surface area contributed by atoms with Crippen LogP contribution in [0.2, 0.25) is 0 Å². The molecular formula is C16H24N2O2. The van der Waals surface area contributed by atoms with Crippen molar-refractivity contribution >= 4 is 5.69 Å². The Bertz CT molecular complexity index is 452. The quantitative estimate of drug-likeness (QED) is 0.837. The van der Waals surface area contributed by atoms with E-state index >= 15 is 0 Å². The molecule has 0 spiro atoms. The lowest BCUT2D eigenvalue weighted by molar-refractivity contribution is -0.0660. The van der Waals surface area contributed by atoms with E-state index in [-0.39, 0.29) is 0 Å². The molecule has 3 rings (SSSR count). The van der Waals surface area contributed by atoms with Gasteiger partial charge in [-0.2, -0.15) is 0 Å². The standard InChI is InChI=1S/C16H24N2O2/c1-3-13-4-5-15(16(10-13)19-2)18-8-6-17(7-9-18)14-11-20-12-14/h4-5,10,14H,3,6-9,11-12H2,1-2H3. The Morgan fingerprint density at radius 3 is 2.50 bits per heavy atom. The first-order chi connectivity index (χ1) is 9.81. The fourth-order valence-electron chi connectivity index (χ4n) is 2.97. The van der Waals surface area contributed by atoms with E-state index in [1.807, 2.05) is 0 Å². The molecule has 0 aliphatic carbocycles. The molecule has 0 N–H and O–H groups in total. The van der Waals surface area contributed by atoms with E-state index in [2.05, 4.69) is 34.9 Å². The summed E-state index contributed by atoms with van der Waals surface area (Å²) in [6.07, 6.45) is 1.05. The highest BCUT2D eigenvalue weighted by Gasteiger charge is 2.29. The van der Waals surface area contributed by atoms with Crippen LogP contribution in [0, 0.1) is 0 Å². The fourth-order valence-corrected chi connectivity index (χ4v) is 2.97. The van der Waals surface area contributed by atoms with Crippen molar-refractivity contribution in [3.05, 3.63) is 23.8 Å². The number of methoxy groups -OCH3 is 1. The molecule has 4 nitrogen and oxygen atoms in total. The lowest BCUT2D eigenvalue weighted by Crippen LogP contribution is -2.56. The van der Waals surface area contributed by atoms with E-state index < -0.39 is 0 Å². The van der Waals surface area contributed by atoms with Crippen LogP contribution in [0.25, 0.3) is 0 Å². The van der Waals surface area contributed by atoms with Crippen molar-refractivity contribution in [2.24, 2.45) is 0 Å². The van der Waals surface area contributed by atoms with Crippen molar-refractivity contribution < 1.29 is 9.47 Å². The summed E-state index contributed by atoms with van der Waals surface area (Å²) in [5.41, 5.74) is 2.56. The zero-order chi connectivity index (χ0) is 13.9. The van der Waals surface area contributed by atoms with Crippen LogP contribution in [0.3, 0.4) is 0 Å². The van der Waals surface area contributed by atoms with Crippen LogP contribution >= 0.6 is 0 Å². The number of ether oxygens (including phenoxy) is 2. The molecule has 2 saturated heterocycles. The number of piperazine rings is 1. The van der Waals surface area contributed by atoms with Gasteiger partial charge in [-0.25, -0.2) is 0 Å². The van der Waals surface area contributed by atoms with Crippen molar-refractivity contribution in [2.75, 3.05) is 51.4 Å². The Kier molecular flexibility index (Phi) is 4.13. The Morgan fingerprint density at radius 1 is 1.20 bits per heavy atom. The summed E-state index contributed by atoms with van der Waals surface area (Å²) in [5.74, 6) is 1.00. The lowest BCUT2D eigenvalue weighted by atomic mass is 10.1. The van der Waals surface area contributed by atoms with Crippen LogP contribution in [0.1, 0.15) is 12.5 Å². The van der Waals surface area contributed by atoms with Crippen LogP contribution in [-0.2, 0) is 11.2 Å². The molecule has 0 amide bonds. The maximum Gasteiger partial charge on any atom is 0.142 e. The van der Waals surface area contributed by atoms with Crippen molar-refractivity contribution in [1.29, 1.82) is 0 Å². The average Bonchev–Trinajstić information content (AvgIpc) is 2.45. The minimum absolute atomic E-state index is 0.654. The van der Waals surface area contributed by atoms with Gasteiger partial charge in [0, 0.05) is 26.2 Å². The molecule has 0 saturated carbocycles. The first-order valence-corrected chi connectivity index (χ1v) is 7.55. The third-order valence-corrected chi connectivity index (χ3v) is 4.44. The molecule has 20 heavy (non-hydrogen) atoms. The van der Waals surface area contributed by atoms with Crippen molar-refractivity contribution in [3.63, 3.8) is 0 Å². The van der Waals surface area contributed by atoms with Crippen LogP contribution < -0.4 is 9.64 Å². The Labute approximate surface area is 121 Å². The molecule has 2 aliphatic heterocycles. The second-order valence-electron chi connectivity index (χ2n) is 5.57.